The second-order valence-electron chi connectivity index (χ2n) is 4.90. The molecule has 6 heteroatoms. The molecule has 0 saturated carbocycles. The van der Waals surface area contributed by atoms with Gasteiger partial charge in [0.25, 0.3) is 0 Å². The molecule has 21 heavy (non-hydrogen) atoms. The molecular weight excluding hydrogens is 354 g/mol. The van der Waals surface area contributed by atoms with Gasteiger partial charge in [0.1, 0.15) is 0 Å². The van der Waals surface area contributed by atoms with Gasteiger partial charge in [0.05, 0.1) is 11.0 Å². The molecule has 4 nitrogen and oxygen atoms in total. The fourth-order valence-corrected chi connectivity index (χ4v) is 3.22. The van der Waals surface area contributed by atoms with Gasteiger partial charge in [-0.3, -0.25) is 0 Å². The molecule has 108 valence electrons. The predicted molar refractivity (Wildman–Crippen MR) is 88.7 cm³/mol. The van der Waals surface area contributed by atoms with Crippen molar-refractivity contribution in [3.05, 3.63) is 67.5 Å². The van der Waals surface area contributed by atoms with Gasteiger partial charge in [-0.15, -0.1) is 0 Å². The quantitative estimate of drug-likeness (QED) is 0.663. The van der Waals surface area contributed by atoms with Gasteiger partial charge in [-0.25, -0.2) is 4.79 Å². The summed E-state index contributed by atoms with van der Waals surface area (Å²) in [5.41, 5.74) is 9.50. The van der Waals surface area contributed by atoms with Crippen LogP contribution >= 0.6 is 27.5 Å². The maximum absolute atomic E-state index is 11.3. The lowest BCUT2D eigenvalue weighted by Crippen LogP contribution is -2.14. The van der Waals surface area contributed by atoms with Gasteiger partial charge in [-0.2, -0.15) is 0 Å². The van der Waals surface area contributed by atoms with Crippen LogP contribution in [0.1, 0.15) is 17.2 Å². The minimum atomic E-state index is -0.228. The molecule has 0 radical (unpaired) electrons. The van der Waals surface area contributed by atoms with E-state index in [1.165, 1.54) is 0 Å². The standard InChI is InChI=1S/C15H13BrClN3O/c16-10-7-14-13(19-15(21)20-14)6-9(10)12(18)5-8-3-1-2-4-11(8)17/h1-4,6-7,12H,5,18H2,(H2,19,20,21). The second kappa shape index (κ2) is 5.67. The van der Waals surface area contributed by atoms with Gasteiger partial charge in [0.15, 0.2) is 0 Å². The minimum absolute atomic E-state index is 0.220. The fourth-order valence-electron chi connectivity index (χ4n) is 2.37. The number of H-pyrrole nitrogens is 2. The van der Waals surface area contributed by atoms with Crippen molar-refractivity contribution in [1.82, 2.24) is 9.97 Å². The van der Waals surface area contributed by atoms with E-state index in [0.717, 1.165) is 26.6 Å². The summed E-state index contributed by atoms with van der Waals surface area (Å²) in [6.45, 7) is 0. The van der Waals surface area contributed by atoms with E-state index >= 15 is 0 Å². The number of fused-ring (bicyclic) bond motifs is 1. The van der Waals surface area contributed by atoms with E-state index in [0.29, 0.717) is 11.4 Å². The largest absolute Gasteiger partial charge is 0.324 e. The van der Waals surface area contributed by atoms with Crippen LogP contribution in [0.25, 0.3) is 11.0 Å². The van der Waals surface area contributed by atoms with Gasteiger partial charge in [0.2, 0.25) is 0 Å². The van der Waals surface area contributed by atoms with E-state index in [1.54, 1.807) is 0 Å². The summed E-state index contributed by atoms with van der Waals surface area (Å²) < 4.78 is 0.866. The molecule has 0 fully saturated rings. The van der Waals surface area contributed by atoms with Gasteiger partial charge in [0, 0.05) is 15.5 Å². The Morgan fingerprint density at radius 2 is 1.86 bits per heavy atom. The molecule has 3 aromatic rings. The van der Waals surface area contributed by atoms with Gasteiger partial charge in [-0.05, 0) is 35.7 Å². The number of hydrogen-bond donors (Lipinski definition) is 3. The lowest BCUT2D eigenvalue weighted by Gasteiger charge is -2.15. The van der Waals surface area contributed by atoms with Gasteiger partial charge < -0.3 is 15.7 Å². The zero-order chi connectivity index (χ0) is 15.0. The normalized spacial score (nSPS) is 12.7. The van der Waals surface area contributed by atoms with E-state index in [4.69, 9.17) is 17.3 Å². The molecule has 0 aliphatic rings. The number of benzene rings is 2. The van der Waals surface area contributed by atoms with Gasteiger partial charge >= 0.3 is 5.69 Å². The SMILES string of the molecule is NC(Cc1ccccc1Cl)c1cc2[nH]c(=O)[nH]c2cc1Br. The molecular formula is C15H13BrClN3O. The molecule has 1 atom stereocenters. The van der Waals surface area contributed by atoms with Crippen LogP contribution in [0.2, 0.25) is 5.02 Å². The van der Waals surface area contributed by atoms with Crippen LogP contribution < -0.4 is 11.4 Å². The third kappa shape index (κ3) is 2.90. The van der Waals surface area contributed by atoms with Crippen LogP contribution in [0.4, 0.5) is 0 Å². The highest BCUT2D eigenvalue weighted by molar-refractivity contribution is 9.10. The van der Waals surface area contributed by atoms with Crippen molar-refractivity contribution >= 4 is 38.6 Å². The Balaban J connectivity index is 1.97. The number of halogens is 2. The van der Waals surface area contributed by atoms with Crippen LogP contribution in [0, 0.1) is 0 Å². The number of nitrogens with two attached hydrogens (primary N) is 1. The lowest BCUT2D eigenvalue weighted by atomic mass is 9.99. The summed E-state index contributed by atoms with van der Waals surface area (Å²) in [4.78, 5) is 16.8. The monoisotopic (exact) mass is 365 g/mol. The first-order valence-corrected chi connectivity index (χ1v) is 7.62. The number of aromatic amines is 2. The van der Waals surface area contributed by atoms with Crippen molar-refractivity contribution in [1.29, 1.82) is 0 Å². The molecule has 0 bridgehead atoms. The first-order chi connectivity index (χ1) is 10.0. The van der Waals surface area contributed by atoms with Crippen LogP contribution in [-0.2, 0) is 6.42 Å². The molecule has 0 spiro atoms. The summed E-state index contributed by atoms with van der Waals surface area (Å²) in [7, 11) is 0. The summed E-state index contributed by atoms with van der Waals surface area (Å²) in [5, 5.41) is 0.709. The summed E-state index contributed by atoms with van der Waals surface area (Å²) in [6, 6.07) is 11.2. The third-order valence-electron chi connectivity index (χ3n) is 3.43. The van der Waals surface area contributed by atoms with Crippen LogP contribution in [0.3, 0.4) is 0 Å². The van der Waals surface area contributed by atoms with Gasteiger partial charge in [-0.1, -0.05) is 45.7 Å². The molecule has 0 saturated heterocycles. The van der Waals surface area contributed by atoms with E-state index in [9.17, 15) is 4.79 Å². The summed E-state index contributed by atoms with van der Waals surface area (Å²) >= 11 is 9.68. The van der Waals surface area contributed by atoms with Crippen molar-refractivity contribution in [2.45, 2.75) is 12.5 Å². The molecule has 0 aliphatic carbocycles. The number of rotatable bonds is 3. The summed E-state index contributed by atoms with van der Waals surface area (Å²) in [5.74, 6) is 0. The Morgan fingerprint density at radius 3 is 2.57 bits per heavy atom. The lowest BCUT2D eigenvalue weighted by molar-refractivity contribution is 0.719. The molecule has 1 aromatic heterocycles. The highest BCUT2D eigenvalue weighted by atomic mass is 79.9. The molecule has 2 aromatic carbocycles. The van der Waals surface area contributed by atoms with Crippen molar-refractivity contribution in [3.8, 4) is 0 Å². The number of aromatic nitrogens is 2. The molecule has 4 N–H and O–H groups in total. The Bertz CT molecular complexity index is 855. The van der Waals surface area contributed by atoms with E-state index in [1.807, 2.05) is 36.4 Å². The Hall–Kier alpha value is -1.56. The van der Waals surface area contributed by atoms with Crippen molar-refractivity contribution in [3.63, 3.8) is 0 Å². The fraction of sp³-hybridized carbons (Fsp3) is 0.133. The number of hydrogen-bond acceptors (Lipinski definition) is 2. The predicted octanol–water partition coefficient (Wildman–Crippen LogP) is 3.51. The number of imidazole rings is 1. The van der Waals surface area contributed by atoms with Crippen molar-refractivity contribution < 1.29 is 0 Å². The molecule has 0 amide bonds. The maximum atomic E-state index is 11.3. The topological polar surface area (TPSA) is 74.7 Å². The second-order valence-corrected chi connectivity index (χ2v) is 6.16. The Labute approximate surface area is 134 Å². The van der Waals surface area contributed by atoms with Crippen molar-refractivity contribution in [2.24, 2.45) is 5.73 Å². The van der Waals surface area contributed by atoms with E-state index < -0.39 is 0 Å². The smallest absolute Gasteiger partial charge is 0.323 e. The van der Waals surface area contributed by atoms with Crippen LogP contribution in [0.15, 0.2) is 45.7 Å². The average molecular weight is 367 g/mol. The minimum Gasteiger partial charge on any atom is -0.324 e. The van der Waals surface area contributed by atoms with Crippen LogP contribution in [0.5, 0.6) is 0 Å². The molecule has 1 heterocycles. The highest BCUT2D eigenvalue weighted by Crippen LogP contribution is 2.29. The molecule has 0 aliphatic heterocycles. The first kappa shape index (κ1) is 14.4. The maximum Gasteiger partial charge on any atom is 0.323 e. The van der Waals surface area contributed by atoms with Crippen LogP contribution in [-0.4, -0.2) is 9.97 Å². The van der Waals surface area contributed by atoms with E-state index in [-0.39, 0.29) is 11.7 Å². The molecule has 1 unspecified atom stereocenters. The average Bonchev–Trinajstić information content (AvgIpc) is 2.79. The highest BCUT2D eigenvalue weighted by Gasteiger charge is 2.14. The summed E-state index contributed by atoms with van der Waals surface area (Å²) in [6.07, 6.45) is 0.623. The van der Waals surface area contributed by atoms with Crippen molar-refractivity contribution in [2.75, 3.05) is 0 Å². The molecule has 3 rings (SSSR count). The Kier molecular flexibility index (Phi) is 3.89. The third-order valence-corrected chi connectivity index (χ3v) is 4.49. The first-order valence-electron chi connectivity index (χ1n) is 6.45. The number of nitrogens with one attached hydrogen (secondary N) is 2. The zero-order valence-corrected chi connectivity index (χ0v) is 13.3. The Morgan fingerprint density at radius 1 is 1.19 bits per heavy atom. The zero-order valence-electron chi connectivity index (χ0n) is 11.0. The van der Waals surface area contributed by atoms with E-state index in [2.05, 4.69) is 25.9 Å².